The lowest BCUT2D eigenvalue weighted by atomic mass is 10.0. The Labute approximate surface area is 103 Å². The summed E-state index contributed by atoms with van der Waals surface area (Å²) in [5.41, 5.74) is 0.386. The number of rotatable bonds is 3. The van der Waals surface area contributed by atoms with Crippen LogP contribution >= 0.6 is 15.9 Å². The zero-order valence-electron chi connectivity index (χ0n) is 8.92. The van der Waals surface area contributed by atoms with E-state index < -0.39 is 6.10 Å². The van der Waals surface area contributed by atoms with E-state index in [9.17, 15) is 9.50 Å². The molecule has 0 amide bonds. The first kappa shape index (κ1) is 12.0. The van der Waals surface area contributed by atoms with Gasteiger partial charge in [0.05, 0.1) is 6.10 Å². The summed E-state index contributed by atoms with van der Waals surface area (Å²) in [6.45, 7) is 1.00. The number of hydrogen-bond donors (Lipinski definition) is 2. The van der Waals surface area contributed by atoms with Gasteiger partial charge in [-0.05, 0) is 37.9 Å². The smallest absolute Gasteiger partial charge is 0.130 e. The monoisotopic (exact) mass is 287 g/mol. The average molecular weight is 288 g/mol. The molecule has 4 heteroatoms. The third kappa shape index (κ3) is 2.81. The zero-order valence-corrected chi connectivity index (χ0v) is 10.5. The van der Waals surface area contributed by atoms with Crippen molar-refractivity contribution >= 4 is 15.9 Å². The van der Waals surface area contributed by atoms with Gasteiger partial charge in [-0.25, -0.2) is 4.39 Å². The minimum Gasteiger partial charge on any atom is -0.388 e. The Bertz CT molecular complexity index is 366. The highest BCUT2D eigenvalue weighted by Gasteiger charge is 2.21. The van der Waals surface area contributed by atoms with Crippen LogP contribution in [0.5, 0.6) is 0 Å². The molecule has 2 unspecified atom stereocenters. The van der Waals surface area contributed by atoms with Gasteiger partial charge in [-0.15, -0.1) is 0 Å². The van der Waals surface area contributed by atoms with Crippen LogP contribution in [0.3, 0.4) is 0 Å². The van der Waals surface area contributed by atoms with Crippen molar-refractivity contribution in [1.29, 1.82) is 0 Å². The molecule has 88 valence electrons. The lowest BCUT2D eigenvalue weighted by Crippen LogP contribution is -2.24. The minimum absolute atomic E-state index is 0.318. The molecule has 1 aromatic carbocycles. The van der Waals surface area contributed by atoms with E-state index >= 15 is 0 Å². The molecule has 16 heavy (non-hydrogen) atoms. The SMILES string of the molecule is OC(CC1CCCN1)c1ccc(Br)cc1F. The molecular formula is C12H15BrFNO. The van der Waals surface area contributed by atoms with Crippen LogP contribution in [-0.4, -0.2) is 17.7 Å². The van der Waals surface area contributed by atoms with Crippen molar-refractivity contribution in [3.63, 3.8) is 0 Å². The van der Waals surface area contributed by atoms with Crippen molar-refractivity contribution in [3.05, 3.63) is 34.1 Å². The summed E-state index contributed by atoms with van der Waals surface area (Å²) < 4.78 is 14.3. The third-order valence-corrected chi connectivity index (χ3v) is 3.48. The number of aliphatic hydroxyl groups excluding tert-OH is 1. The van der Waals surface area contributed by atoms with Gasteiger partial charge in [0, 0.05) is 16.1 Å². The molecule has 1 aromatic rings. The van der Waals surface area contributed by atoms with E-state index in [4.69, 9.17) is 0 Å². The first-order valence-corrected chi connectivity index (χ1v) is 6.32. The van der Waals surface area contributed by atoms with Crippen molar-refractivity contribution in [2.24, 2.45) is 0 Å². The van der Waals surface area contributed by atoms with Crippen molar-refractivity contribution < 1.29 is 9.50 Å². The molecule has 2 N–H and O–H groups in total. The molecule has 0 bridgehead atoms. The summed E-state index contributed by atoms with van der Waals surface area (Å²) in [5.74, 6) is -0.347. The van der Waals surface area contributed by atoms with Crippen LogP contribution in [0.2, 0.25) is 0 Å². The largest absolute Gasteiger partial charge is 0.388 e. The summed E-state index contributed by atoms with van der Waals surface area (Å²) in [4.78, 5) is 0. The predicted molar refractivity (Wildman–Crippen MR) is 64.7 cm³/mol. The maximum absolute atomic E-state index is 13.6. The van der Waals surface area contributed by atoms with Gasteiger partial charge < -0.3 is 10.4 Å². The molecule has 1 saturated heterocycles. The molecule has 1 aliphatic rings. The summed E-state index contributed by atoms with van der Waals surface area (Å²) in [6.07, 6.45) is 2.07. The normalized spacial score (nSPS) is 22.3. The molecular weight excluding hydrogens is 273 g/mol. The molecule has 2 nitrogen and oxygen atoms in total. The van der Waals surface area contributed by atoms with Crippen LogP contribution in [0, 0.1) is 5.82 Å². The molecule has 1 fully saturated rings. The van der Waals surface area contributed by atoms with Gasteiger partial charge >= 0.3 is 0 Å². The van der Waals surface area contributed by atoms with Crippen LogP contribution in [0.25, 0.3) is 0 Å². The Hall–Kier alpha value is -0.450. The van der Waals surface area contributed by atoms with Gasteiger partial charge in [0.25, 0.3) is 0 Å². The first-order chi connectivity index (χ1) is 7.66. The van der Waals surface area contributed by atoms with Gasteiger partial charge in [0.1, 0.15) is 5.82 Å². The second-order valence-electron chi connectivity index (χ2n) is 4.21. The number of aliphatic hydroxyl groups is 1. The van der Waals surface area contributed by atoms with Crippen LogP contribution in [-0.2, 0) is 0 Å². The van der Waals surface area contributed by atoms with Crippen molar-refractivity contribution in [1.82, 2.24) is 5.32 Å². The second-order valence-corrected chi connectivity index (χ2v) is 5.13. The van der Waals surface area contributed by atoms with Gasteiger partial charge in [0.15, 0.2) is 0 Å². The molecule has 0 aromatic heterocycles. The first-order valence-electron chi connectivity index (χ1n) is 5.53. The van der Waals surface area contributed by atoms with Crippen molar-refractivity contribution in [2.45, 2.75) is 31.4 Å². The minimum atomic E-state index is -0.719. The molecule has 0 aliphatic carbocycles. The van der Waals surface area contributed by atoms with Gasteiger partial charge in [-0.2, -0.15) is 0 Å². The summed E-state index contributed by atoms with van der Waals surface area (Å²) in [6, 6.07) is 5.10. The summed E-state index contributed by atoms with van der Waals surface area (Å²) in [5, 5.41) is 13.3. The standard InChI is InChI=1S/C12H15BrFNO/c13-8-3-4-10(11(14)6-8)12(16)7-9-2-1-5-15-9/h3-4,6,9,12,15-16H,1-2,5,7H2. The van der Waals surface area contributed by atoms with E-state index in [1.807, 2.05) is 0 Å². The van der Waals surface area contributed by atoms with E-state index in [1.54, 1.807) is 12.1 Å². The maximum Gasteiger partial charge on any atom is 0.130 e. The average Bonchev–Trinajstić information content (AvgIpc) is 2.70. The summed E-state index contributed by atoms with van der Waals surface area (Å²) in [7, 11) is 0. The fourth-order valence-corrected chi connectivity index (χ4v) is 2.46. The number of benzene rings is 1. The molecule has 0 spiro atoms. The zero-order chi connectivity index (χ0) is 11.5. The molecule has 1 aliphatic heterocycles. The quantitative estimate of drug-likeness (QED) is 0.896. The number of halogens is 2. The fourth-order valence-electron chi connectivity index (χ4n) is 2.13. The van der Waals surface area contributed by atoms with E-state index in [1.165, 1.54) is 6.07 Å². The fraction of sp³-hybridized carbons (Fsp3) is 0.500. The highest BCUT2D eigenvalue weighted by Crippen LogP contribution is 2.26. The number of nitrogens with one attached hydrogen (secondary N) is 1. The van der Waals surface area contributed by atoms with Gasteiger partial charge in [0.2, 0.25) is 0 Å². The molecule has 0 saturated carbocycles. The van der Waals surface area contributed by atoms with Crippen LogP contribution in [0.4, 0.5) is 4.39 Å². The maximum atomic E-state index is 13.6. The van der Waals surface area contributed by atoms with Crippen LogP contribution < -0.4 is 5.32 Å². The van der Waals surface area contributed by atoms with E-state index in [0.29, 0.717) is 22.5 Å². The molecule has 2 rings (SSSR count). The van der Waals surface area contributed by atoms with E-state index in [2.05, 4.69) is 21.2 Å². The topological polar surface area (TPSA) is 32.3 Å². The van der Waals surface area contributed by atoms with E-state index in [-0.39, 0.29) is 5.82 Å². The van der Waals surface area contributed by atoms with Crippen molar-refractivity contribution in [2.75, 3.05) is 6.54 Å². The molecule has 1 heterocycles. The van der Waals surface area contributed by atoms with E-state index in [0.717, 1.165) is 19.4 Å². The lowest BCUT2D eigenvalue weighted by Gasteiger charge is -2.16. The second kappa shape index (κ2) is 5.25. The third-order valence-electron chi connectivity index (χ3n) is 2.99. The van der Waals surface area contributed by atoms with Crippen molar-refractivity contribution in [3.8, 4) is 0 Å². The Kier molecular flexibility index (Phi) is 3.95. The Morgan fingerprint density at radius 3 is 3.00 bits per heavy atom. The van der Waals surface area contributed by atoms with Crippen LogP contribution in [0.15, 0.2) is 22.7 Å². The highest BCUT2D eigenvalue weighted by molar-refractivity contribution is 9.10. The predicted octanol–water partition coefficient (Wildman–Crippen LogP) is 2.76. The molecule has 0 radical (unpaired) electrons. The Balaban J connectivity index is 2.04. The van der Waals surface area contributed by atoms with Gasteiger partial charge in [-0.3, -0.25) is 0 Å². The highest BCUT2D eigenvalue weighted by atomic mass is 79.9. The Morgan fingerprint density at radius 1 is 1.56 bits per heavy atom. The lowest BCUT2D eigenvalue weighted by molar-refractivity contribution is 0.150. The summed E-state index contributed by atoms with van der Waals surface area (Å²) >= 11 is 3.20. The van der Waals surface area contributed by atoms with Crippen LogP contribution in [0.1, 0.15) is 30.9 Å². The number of hydrogen-bond acceptors (Lipinski definition) is 2. The Morgan fingerprint density at radius 2 is 2.38 bits per heavy atom. The molecule has 2 atom stereocenters. The van der Waals surface area contributed by atoms with Gasteiger partial charge in [-0.1, -0.05) is 22.0 Å².